The van der Waals surface area contributed by atoms with Crippen LogP contribution in [0, 0.1) is 13.8 Å². The number of aryl methyl sites for hydroxylation is 2. The predicted octanol–water partition coefficient (Wildman–Crippen LogP) is 33.5. The molecule has 0 saturated heterocycles. The minimum Gasteiger partial charge on any atom is -0.355 e. The molecule has 0 unspecified atom stereocenters. The molecule has 0 aromatic heterocycles. The van der Waals surface area contributed by atoms with E-state index in [9.17, 15) is 0 Å². The van der Waals surface area contributed by atoms with Crippen LogP contribution in [0.3, 0.4) is 0 Å². The summed E-state index contributed by atoms with van der Waals surface area (Å²) in [6, 6.07) is 128. The van der Waals surface area contributed by atoms with Crippen molar-refractivity contribution in [1.82, 2.24) is 0 Å². The summed E-state index contributed by atoms with van der Waals surface area (Å²) in [5, 5.41) is 3.68. The number of fused-ring (bicyclic) bond motifs is 26. The van der Waals surface area contributed by atoms with Gasteiger partial charge < -0.3 is 10.2 Å². The summed E-state index contributed by atoms with van der Waals surface area (Å²) in [5.74, 6) is 0. The lowest BCUT2D eigenvalue weighted by molar-refractivity contribution is 0.586. The van der Waals surface area contributed by atoms with Gasteiger partial charge in [-0.15, -0.1) is 0 Å². The first-order chi connectivity index (χ1) is 59.8. The molecule has 1 N–H and O–H groups in total. The fourth-order valence-corrected chi connectivity index (χ4v) is 22.4. The maximum Gasteiger partial charge on any atom is 0.0726 e. The van der Waals surface area contributed by atoms with Crippen LogP contribution in [-0.4, -0.2) is 0 Å². The number of rotatable bonds is 7. The number of benzene rings is 16. The Morgan fingerprint density at radius 3 is 1.04 bits per heavy atom. The van der Waals surface area contributed by atoms with Gasteiger partial charge in [0.05, 0.1) is 22.2 Å². The van der Waals surface area contributed by atoms with Gasteiger partial charge in [0.1, 0.15) is 0 Å². The summed E-state index contributed by atoms with van der Waals surface area (Å²) in [5.41, 5.74) is 50.6. The molecule has 0 bridgehead atoms. The van der Waals surface area contributed by atoms with E-state index >= 15 is 0 Å². The molecule has 0 radical (unpaired) electrons. The number of halogens is 1. The fourth-order valence-electron chi connectivity index (χ4n) is 21.9. The fraction of sp³-hybridized carbons (Fsp3) is 0.213. The van der Waals surface area contributed by atoms with E-state index in [2.05, 4.69) is 490 Å². The van der Waals surface area contributed by atoms with Crippen molar-refractivity contribution < 1.29 is 0 Å². The van der Waals surface area contributed by atoms with Gasteiger partial charge in [-0.2, -0.15) is 0 Å². The lowest BCUT2D eigenvalue weighted by Crippen LogP contribution is -2.27. The van der Waals surface area contributed by atoms with Crippen LogP contribution in [0.4, 0.5) is 28.4 Å². The van der Waals surface area contributed by atoms with E-state index in [0.717, 1.165) is 22.7 Å². The van der Waals surface area contributed by atoms with Gasteiger partial charge in [0.25, 0.3) is 0 Å². The number of para-hydroxylation sites is 2. The number of hydrogen-bond acceptors (Lipinski definition) is 2. The Morgan fingerprint density at radius 1 is 0.248 bits per heavy atom. The quantitative estimate of drug-likeness (QED) is 0.171. The summed E-state index contributed by atoms with van der Waals surface area (Å²) in [6.45, 7) is 41.6. The highest BCUT2D eigenvalue weighted by Crippen LogP contribution is 2.68. The standard InChI is InChI=1S/C61H55N.C33H31Br.C28H25N/c1-38-25-27-39(28-26-38)43-17-12-15-23-55(43)62(42-31-34-45-44-18-10-13-20-49(44)60(8,9)52(45)37-42)56-24-16-22-51-57(56)48-19-11-14-21-50(48)61(51)53-35-40(58(2,3)4)29-32-46(53)47-33-30-41(36-54(47)61)59(5,6)7;1-31(2,3)20-14-16-22-23-17-15-21(32(4,5)6)19-28(23)33(27(22)18-20)25-11-8-7-10-24(25)30-26(33)12-9-13-29(30)34;1-19-12-14-20(15-13-19)22-8-5-7-11-27(22)29-21-16-17-24-23-9-4-6-10-25(23)28(2,3)26(24)18-21/h10-37H,1-9H3;7-19H,1-6H3;4-18,29H,1-3H3. The molecule has 22 rings (SSSR count). The Balaban J connectivity index is 0.000000131. The second-order valence-electron chi connectivity index (χ2n) is 41.1. The molecule has 0 aliphatic heterocycles. The zero-order valence-corrected chi connectivity index (χ0v) is 77.2. The number of nitrogens with zero attached hydrogens (tertiary/aromatic N) is 1. The number of anilines is 5. The maximum absolute atomic E-state index is 3.92. The van der Waals surface area contributed by atoms with Crippen molar-refractivity contribution in [2.75, 3.05) is 10.2 Å². The second-order valence-corrected chi connectivity index (χ2v) is 41.9. The van der Waals surface area contributed by atoms with Crippen molar-refractivity contribution >= 4 is 44.4 Å². The van der Waals surface area contributed by atoms with Crippen molar-refractivity contribution in [3.63, 3.8) is 0 Å². The van der Waals surface area contributed by atoms with Crippen LogP contribution in [-0.2, 0) is 43.3 Å². The largest absolute Gasteiger partial charge is 0.355 e. The van der Waals surface area contributed by atoms with Gasteiger partial charge in [-0.05, 0) is 240 Å². The zero-order valence-electron chi connectivity index (χ0n) is 75.7. The Bertz CT molecular complexity index is 6940. The minimum absolute atomic E-state index is 0.0120. The SMILES string of the molecule is CC(C)(C)c1ccc2c(c1)C1(c3cc(C(C)(C)C)ccc3-2)c2ccccc2-c2c(Br)cccc21.Cc1ccc(-c2ccccc2N(c2ccc3c(c2)C(C)(C)c2ccccc2-3)c2cccc3c2-c2ccccc2C32c3cc(C(C)(C)C)ccc3-c3ccc(C(C)(C)C)cc32)cc1.Cc1ccc(-c2ccccc2Nc2ccc3c(c2)C(C)(C)c2ccccc2-3)cc1. The molecule has 125 heavy (non-hydrogen) atoms. The first-order valence-electron chi connectivity index (χ1n) is 44.9. The number of hydrogen-bond donors (Lipinski definition) is 1. The van der Waals surface area contributed by atoms with Crippen molar-refractivity contribution in [2.24, 2.45) is 0 Å². The maximum atomic E-state index is 3.92. The topological polar surface area (TPSA) is 15.3 Å². The highest BCUT2D eigenvalue weighted by atomic mass is 79.9. The molecule has 6 aliphatic rings. The number of nitrogens with one attached hydrogen (secondary N) is 1. The van der Waals surface area contributed by atoms with Crippen LogP contribution < -0.4 is 10.2 Å². The summed E-state index contributed by atoms with van der Waals surface area (Å²) in [7, 11) is 0. The van der Waals surface area contributed by atoms with Crippen LogP contribution in [0.5, 0.6) is 0 Å². The minimum atomic E-state index is -0.501. The third-order valence-electron chi connectivity index (χ3n) is 28.5. The normalized spacial score (nSPS) is 14.6. The average molecular weight is 1690 g/mol. The van der Waals surface area contributed by atoms with Gasteiger partial charge in [0, 0.05) is 54.6 Å². The van der Waals surface area contributed by atoms with Crippen LogP contribution >= 0.6 is 15.9 Å². The molecular weight excluding hydrogens is 1570 g/mol. The van der Waals surface area contributed by atoms with Crippen LogP contribution in [0.1, 0.15) is 211 Å². The van der Waals surface area contributed by atoms with E-state index in [1.165, 1.54) is 199 Å². The molecule has 2 spiro atoms. The molecule has 6 aliphatic carbocycles. The summed E-state index contributed by atoms with van der Waals surface area (Å²) in [4.78, 5) is 2.58. The summed E-state index contributed by atoms with van der Waals surface area (Å²) < 4.78 is 1.17. The third-order valence-corrected chi connectivity index (χ3v) is 29.2. The van der Waals surface area contributed by atoms with Gasteiger partial charge in [-0.1, -0.05) is 429 Å². The predicted molar refractivity (Wildman–Crippen MR) is 534 cm³/mol. The van der Waals surface area contributed by atoms with E-state index in [0.29, 0.717) is 0 Å². The van der Waals surface area contributed by atoms with E-state index in [1.807, 2.05) is 0 Å². The highest BCUT2D eigenvalue weighted by Gasteiger charge is 2.55. The third kappa shape index (κ3) is 12.8. The molecule has 16 aromatic carbocycles. The van der Waals surface area contributed by atoms with E-state index in [1.54, 1.807) is 0 Å². The van der Waals surface area contributed by atoms with Gasteiger partial charge in [-0.25, -0.2) is 0 Å². The molecule has 0 heterocycles. The molecule has 0 amide bonds. The summed E-state index contributed by atoms with van der Waals surface area (Å²) in [6.07, 6.45) is 0. The van der Waals surface area contributed by atoms with E-state index < -0.39 is 5.41 Å². The Morgan fingerprint density at radius 2 is 0.576 bits per heavy atom. The van der Waals surface area contributed by atoms with E-state index in [-0.39, 0.29) is 37.9 Å². The van der Waals surface area contributed by atoms with Gasteiger partial charge in [0.15, 0.2) is 0 Å². The monoisotopic (exact) mass is 1680 g/mol. The first-order valence-corrected chi connectivity index (χ1v) is 45.7. The Labute approximate surface area is 750 Å². The summed E-state index contributed by atoms with van der Waals surface area (Å²) >= 11 is 3.92. The van der Waals surface area contributed by atoms with Gasteiger partial charge >= 0.3 is 0 Å². The molecule has 2 nitrogen and oxygen atoms in total. The Kier molecular flexibility index (Phi) is 19.0. The van der Waals surface area contributed by atoms with Crippen molar-refractivity contribution in [3.05, 3.63) is 444 Å². The molecule has 3 heteroatoms. The molecule has 0 fully saturated rings. The molecule has 0 atom stereocenters. The van der Waals surface area contributed by atoms with Gasteiger partial charge in [-0.3, -0.25) is 0 Å². The lowest BCUT2D eigenvalue weighted by Gasteiger charge is -2.34. The van der Waals surface area contributed by atoms with Crippen molar-refractivity contribution in [2.45, 2.75) is 168 Å². The van der Waals surface area contributed by atoms with Crippen molar-refractivity contribution in [1.29, 1.82) is 0 Å². The lowest BCUT2D eigenvalue weighted by atomic mass is 9.69. The zero-order chi connectivity index (χ0) is 87.0. The molecule has 0 saturated carbocycles. The van der Waals surface area contributed by atoms with E-state index in [4.69, 9.17) is 0 Å². The van der Waals surface area contributed by atoms with Crippen LogP contribution in [0.2, 0.25) is 0 Å². The van der Waals surface area contributed by atoms with Gasteiger partial charge in [0.2, 0.25) is 0 Å². The van der Waals surface area contributed by atoms with Crippen LogP contribution in [0.25, 0.3) is 89.0 Å². The average Bonchev–Trinajstić information content (AvgIpc) is 1.51. The molecule has 16 aromatic rings. The molecular formula is C122H111BrN2. The second kappa shape index (κ2) is 29.4. The van der Waals surface area contributed by atoms with Crippen molar-refractivity contribution in [3.8, 4) is 89.0 Å². The first kappa shape index (κ1) is 81.0. The van der Waals surface area contributed by atoms with Crippen LogP contribution in [0.15, 0.2) is 344 Å². The smallest absolute Gasteiger partial charge is 0.0726 e. The highest BCUT2D eigenvalue weighted by molar-refractivity contribution is 9.10. The Hall–Kier alpha value is -12.4. The molecule has 616 valence electrons.